The van der Waals surface area contributed by atoms with Crippen LogP contribution in [0, 0.1) is 6.92 Å². The van der Waals surface area contributed by atoms with Crippen LogP contribution in [0.3, 0.4) is 0 Å². The number of anilines is 1. The lowest BCUT2D eigenvalue weighted by Crippen LogP contribution is -2.20. The number of H-pyrrole nitrogens is 1. The highest BCUT2D eigenvalue weighted by Crippen LogP contribution is 2.30. The van der Waals surface area contributed by atoms with Crippen LogP contribution < -0.4 is 11.1 Å². The number of hydrogen-bond acceptors (Lipinski definition) is 2. The fourth-order valence-corrected chi connectivity index (χ4v) is 2.78. The molecule has 120 valence electrons. The van der Waals surface area contributed by atoms with Crippen molar-refractivity contribution in [2.75, 3.05) is 5.32 Å². The Morgan fingerprint density at radius 3 is 2.62 bits per heavy atom. The molecule has 1 aromatic heterocycles. The highest BCUT2D eigenvalue weighted by molar-refractivity contribution is 5.77. The molecule has 3 nitrogen and oxygen atoms in total. The fourth-order valence-electron chi connectivity index (χ4n) is 2.78. The number of nitrogens with one attached hydrogen (secondary N) is 2. The van der Waals surface area contributed by atoms with Crippen molar-refractivity contribution in [3.8, 4) is 0 Å². The molecule has 0 amide bonds. The van der Waals surface area contributed by atoms with Gasteiger partial charge in [0.05, 0.1) is 5.69 Å². The summed E-state index contributed by atoms with van der Waals surface area (Å²) in [5.41, 5.74) is 10.6. The molecule has 0 spiro atoms. The Balaban J connectivity index is 2.84. The number of aromatic amines is 1. The van der Waals surface area contributed by atoms with Gasteiger partial charge in [-0.1, -0.05) is 39.7 Å². The third-order valence-electron chi connectivity index (χ3n) is 3.92. The summed E-state index contributed by atoms with van der Waals surface area (Å²) in [4.78, 5) is 3.33. The van der Waals surface area contributed by atoms with Crippen molar-refractivity contribution >= 4 is 11.3 Å². The van der Waals surface area contributed by atoms with Gasteiger partial charge in [-0.15, -0.1) is 0 Å². The van der Waals surface area contributed by atoms with Gasteiger partial charge >= 0.3 is 0 Å². The largest absolute Gasteiger partial charge is 0.380 e. The zero-order valence-corrected chi connectivity index (χ0v) is 14.3. The summed E-state index contributed by atoms with van der Waals surface area (Å²) in [6.45, 7) is 12.9. The second kappa shape index (κ2) is 8.93. The quantitative estimate of drug-likeness (QED) is 0.577. The molecule has 2 unspecified atom stereocenters. The van der Waals surface area contributed by atoms with Crippen LogP contribution in [-0.4, -0.2) is 17.1 Å². The van der Waals surface area contributed by atoms with E-state index in [1.54, 1.807) is 0 Å². The molecule has 0 bridgehead atoms. The molecular weight excluding hydrogens is 258 g/mol. The normalized spacial score (nSPS) is 14.0. The van der Waals surface area contributed by atoms with Gasteiger partial charge in [-0.05, 0) is 38.7 Å². The summed E-state index contributed by atoms with van der Waals surface area (Å²) in [6, 6.07) is 0.693. The number of aromatic nitrogens is 1. The third kappa shape index (κ3) is 5.58. The number of aryl methyl sites for hydroxylation is 1. The third-order valence-corrected chi connectivity index (χ3v) is 3.92. The van der Waals surface area contributed by atoms with Crippen LogP contribution >= 0.6 is 0 Å². The lowest BCUT2D eigenvalue weighted by atomic mass is 10.00. The van der Waals surface area contributed by atoms with Crippen LogP contribution in [-0.2, 0) is 0 Å². The second-order valence-corrected chi connectivity index (χ2v) is 6.26. The van der Waals surface area contributed by atoms with Crippen LogP contribution in [0.5, 0.6) is 0 Å². The molecule has 1 aromatic rings. The Morgan fingerprint density at radius 1 is 1.33 bits per heavy atom. The van der Waals surface area contributed by atoms with E-state index < -0.39 is 0 Å². The summed E-state index contributed by atoms with van der Waals surface area (Å²) in [5, 5.41) is 3.75. The average Bonchev–Trinajstić information content (AvgIpc) is 2.77. The first-order valence-corrected chi connectivity index (χ1v) is 8.37. The van der Waals surface area contributed by atoms with E-state index in [0.29, 0.717) is 6.04 Å². The highest BCUT2D eigenvalue weighted by Gasteiger charge is 2.15. The van der Waals surface area contributed by atoms with Crippen LogP contribution in [0.2, 0.25) is 0 Å². The van der Waals surface area contributed by atoms with Crippen LogP contribution in [0.1, 0.15) is 70.6 Å². The second-order valence-electron chi connectivity index (χ2n) is 6.26. The van der Waals surface area contributed by atoms with E-state index in [0.717, 1.165) is 12.0 Å². The Kier molecular flexibility index (Phi) is 7.58. The number of nitrogens with two attached hydrogens (primary N) is 1. The predicted molar refractivity (Wildman–Crippen MR) is 94.7 cm³/mol. The first-order valence-electron chi connectivity index (χ1n) is 8.37. The van der Waals surface area contributed by atoms with Crippen LogP contribution in [0.4, 0.5) is 5.69 Å². The minimum absolute atomic E-state index is 0.145. The molecular formula is C18H33N3. The minimum Gasteiger partial charge on any atom is -0.380 e. The molecule has 21 heavy (non-hydrogen) atoms. The van der Waals surface area contributed by atoms with Crippen molar-refractivity contribution in [2.24, 2.45) is 5.73 Å². The van der Waals surface area contributed by atoms with Gasteiger partial charge in [-0.25, -0.2) is 0 Å². The Labute approximate surface area is 130 Å². The van der Waals surface area contributed by atoms with E-state index in [1.807, 2.05) is 6.92 Å². The molecule has 1 heterocycles. The zero-order chi connectivity index (χ0) is 15.8. The fraction of sp³-hybridized carbons (Fsp3) is 0.667. The van der Waals surface area contributed by atoms with Crippen molar-refractivity contribution in [3.05, 3.63) is 24.0 Å². The van der Waals surface area contributed by atoms with E-state index in [1.165, 1.54) is 49.0 Å². The molecule has 4 N–H and O–H groups in total. The van der Waals surface area contributed by atoms with Gasteiger partial charge in [-0.2, -0.15) is 0 Å². The number of rotatable bonds is 10. The van der Waals surface area contributed by atoms with Gasteiger partial charge in [-0.3, -0.25) is 0 Å². The smallest absolute Gasteiger partial charge is 0.0626 e. The Bertz CT molecular complexity index is 432. The highest BCUT2D eigenvalue weighted by atomic mass is 15.0. The maximum absolute atomic E-state index is 5.91. The molecule has 0 saturated carbocycles. The average molecular weight is 291 g/mol. The molecule has 0 aliphatic heterocycles. The number of hydrogen-bond donors (Lipinski definition) is 3. The van der Waals surface area contributed by atoms with Gasteiger partial charge in [0.2, 0.25) is 0 Å². The predicted octanol–water partition coefficient (Wildman–Crippen LogP) is 4.84. The lowest BCUT2D eigenvalue weighted by molar-refractivity contribution is 0.564. The van der Waals surface area contributed by atoms with Gasteiger partial charge in [0.15, 0.2) is 0 Å². The maximum Gasteiger partial charge on any atom is 0.0626 e. The summed E-state index contributed by atoms with van der Waals surface area (Å²) in [5.74, 6) is 0. The van der Waals surface area contributed by atoms with E-state index >= 15 is 0 Å². The monoisotopic (exact) mass is 291 g/mol. The van der Waals surface area contributed by atoms with Crippen molar-refractivity contribution in [1.29, 1.82) is 0 Å². The molecule has 0 fully saturated rings. The van der Waals surface area contributed by atoms with E-state index in [9.17, 15) is 0 Å². The van der Waals surface area contributed by atoms with Gasteiger partial charge in [0.25, 0.3) is 0 Å². The Hall–Kier alpha value is -1.22. The summed E-state index contributed by atoms with van der Waals surface area (Å²) < 4.78 is 0. The number of unbranched alkanes of at least 4 members (excludes halogenated alkanes) is 1. The maximum atomic E-state index is 5.91. The van der Waals surface area contributed by atoms with Gasteiger partial charge in [0, 0.05) is 29.5 Å². The van der Waals surface area contributed by atoms with E-state index in [-0.39, 0.29) is 6.04 Å². The molecule has 0 saturated heterocycles. The zero-order valence-electron chi connectivity index (χ0n) is 14.3. The Morgan fingerprint density at radius 2 is 2.05 bits per heavy atom. The van der Waals surface area contributed by atoms with E-state index in [2.05, 4.69) is 43.8 Å². The molecule has 2 atom stereocenters. The first-order chi connectivity index (χ1) is 9.99. The van der Waals surface area contributed by atoms with E-state index in [4.69, 9.17) is 5.73 Å². The van der Waals surface area contributed by atoms with Crippen LogP contribution in [0.25, 0.3) is 5.57 Å². The molecule has 0 radical (unpaired) electrons. The molecule has 0 aromatic carbocycles. The van der Waals surface area contributed by atoms with Crippen LogP contribution in [0.15, 0.2) is 12.8 Å². The topological polar surface area (TPSA) is 53.8 Å². The van der Waals surface area contributed by atoms with Gasteiger partial charge < -0.3 is 16.0 Å². The molecule has 1 rings (SSSR count). The SMILES string of the molecule is C=C(CC(C)N)c1c[nH]c(C)c1NC(CCC)CCCC. The summed E-state index contributed by atoms with van der Waals surface area (Å²) in [7, 11) is 0. The minimum atomic E-state index is 0.145. The molecule has 3 heteroatoms. The summed E-state index contributed by atoms with van der Waals surface area (Å²) >= 11 is 0. The summed E-state index contributed by atoms with van der Waals surface area (Å²) in [6.07, 6.45) is 9.07. The molecule has 0 aliphatic carbocycles. The van der Waals surface area contributed by atoms with Gasteiger partial charge in [0.1, 0.15) is 0 Å². The molecule has 0 aliphatic rings. The lowest BCUT2D eigenvalue weighted by Gasteiger charge is -2.21. The first kappa shape index (κ1) is 17.8. The van der Waals surface area contributed by atoms with Crippen molar-refractivity contribution < 1.29 is 0 Å². The standard InChI is InChI=1S/C18H33N3/c1-6-8-10-16(9-7-2)21-18-15(5)20-12-17(18)13(3)11-14(4)19/h12,14,16,20-21H,3,6-11,19H2,1-2,4-5H3. The van der Waals surface area contributed by atoms with Crippen molar-refractivity contribution in [3.63, 3.8) is 0 Å². The van der Waals surface area contributed by atoms with Crippen molar-refractivity contribution in [1.82, 2.24) is 4.98 Å². The van der Waals surface area contributed by atoms with Crippen molar-refractivity contribution in [2.45, 2.75) is 78.3 Å².